The molecular weight excluding hydrogens is 625 g/mol. The van der Waals surface area contributed by atoms with Crippen LogP contribution in [-0.2, 0) is 32.2 Å². The van der Waals surface area contributed by atoms with Crippen LogP contribution in [0, 0.1) is 5.92 Å². The number of thioether (sulfide) groups is 1. The number of carbonyl (C=O) groups excluding carboxylic acids is 2. The van der Waals surface area contributed by atoms with E-state index in [2.05, 4.69) is 45.7 Å². The number of nitrogens with one attached hydrogen (secondary N) is 2. The Kier molecular flexibility index (Phi) is 13.1. The van der Waals surface area contributed by atoms with Crippen LogP contribution in [0.3, 0.4) is 0 Å². The van der Waals surface area contributed by atoms with Crippen molar-refractivity contribution in [3.05, 3.63) is 114 Å². The van der Waals surface area contributed by atoms with E-state index in [4.69, 9.17) is 9.47 Å². The van der Waals surface area contributed by atoms with Crippen molar-refractivity contribution in [2.75, 3.05) is 12.3 Å². The molecular formula is C38H44N4O5S. The summed E-state index contributed by atoms with van der Waals surface area (Å²) >= 11 is 1.57. The summed E-state index contributed by atoms with van der Waals surface area (Å²) in [6.45, 7) is 4.73. The van der Waals surface area contributed by atoms with Crippen molar-refractivity contribution in [3.8, 4) is 11.1 Å². The topological polar surface area (TPSA) is 123 Å². The lowest BCUT2D eigenvalue weighted by molar-refractivity contribution is -0.268. The van der Waals surface area contributed by atoms with Crippen molar-refractivity contribution in [2.24, 2.45) is 5.92 Å². The molecule has 1 saturated heterocycles. The van der Waals surface area contributed by atoms with Gasteiger partial charge in [0.2, 0.25) is 11.8 Å². The maximum atomic E-state index is 12.5. The van der Waals surface area contributed by atoms with E-state index < -0.39 is 6.29 Å². The standard InChI is InChI=1S/C38H44N4O5S/c1-26-34(25-48-38-40-21-8-22-41-38)46-37(47-36(26)30-14-12-28(24-43)13-15-30)31-18-16-29(17-19-31)33-10-6-5-9-32(33)23-42-35(45)11-4-3-7-20-39-27(2)44/h5-6,8-10,12-19,21-22,26,34,36-37,43H,3-4,7,11,20,23-25H2,1-2H3,(H,39,44)(H,42,45)/t26-,34+,36+,37+/m0/s1. The first kappa shape index (κ1) is 35.2. The molecule has 9 nitrogen and oxygen atoms in total. The Morgan fingerprint density at radius 1 is 0.854 bits per heavy atom. The van der Waals surface area contributed by atoms with E-state index in [1.54, 1.807) is 30.2 Å². The molecule has 4 aromatic rings. The maximum absolute atomic E-state index is 12.5. The Bertz CT molecular complexity index is 1600. The first-order valence-corrected chi connectivity index (χ1v) is 17.5. The molecule has 2 heterocycles. The molecule has 48 heavy (non-hydrogen) atoms. The number of hydrogen-bond acceptors (Lipinski definition) is 8. The lowest BCUT2D eigenvalue weighted by atomic mass is 9.91. The Balaban J connectivity index is 1.25. The van der Waals surface area contributed by atoms with E-state index in [0.717, 1.165) is 52.6 Å². The summed E-state index contributed by atoms with van der Waals surface area (Å²) in [5.74, 6) is 0.722. The van der Waals surface area contributed by atoms with E-state index in [9.17, 15) is 14.7 Å². The molecule has 252 valence electrons. The molecule has 5 rings (SSSR count). The number of carbonyl (C=O) groups is 2. The molecule has 1 aliphatic rings. The number of aromatic nitrogens is 2. The van der Waals surface area contributed by atoms with Crippen LogP contribution in [0.4, 0.5) is 0 Å². The van der Waals surface area contributed by atoms with Crippen LogP contribution >= 0.6 is 11.8 Å². The van der Waals surface area contributed by atoms with Crippen molar-refractivity contribution in [1.29, 1.82) is 0 Å². The SMILES string of the molecule is CC(=O)NCCCCCC(=O)NCc1ccccc1-c1ccc([C@@H]2O[C@H](CSc3ncccn3)[C@H](C)[C@H](c3ccc(CO)cc3)O2)cc1. The summed E-state index contributed by atoms with van der Waals surface area (Å²) in [6, 6.07) is 26.0. The summed E-state index contributed by atoms with van der Waals surface area (Å²) in [5.41, 5.74) is 5.94. The zero-order valence-electron chi connectivity index (χ0n) is 27.5. The van der Waals surface area contributed by atoms with Gasteiger partial charge in [-0.25, -0.2) is 9.97 Å². The third kappa shape index (κ3) is 9.96. The third-order valence-electron chi connectivity index (χ3n) is 8.48. The van der Waals surface area contributed by atoms with Crippen LogP contribution in [0.25, 0.3) is 11.1 Å². The number of nitrogens with zero attached hydrogens (tertiary/aromatic N) is 2. The predicted octanol–water partition coefficient (Wildman–Crippen LogP) is 6.53. The minimum Gasteiger partial charge on any atom is -0.392 e. The van der Waals surface area contributed by atoms with Gasteiger partial charge in [0.05, 0.1) is 18.8 Å². The number of hydrogen-bond donors (Lipinski definition) is 3. The molecule has 1 aromatic heterocycles. The van der Waals surface area contributed by atoms with Crippen LogP contribution in [0.15, 0.2) is 96.4 Å². The second kappa shape index (κ2) is 17.9. The molecule has 2 amide bonds. The first-order valence-electron chi connectivity index (χ1n) is 16.5. The maximum Gasteiger partial charge on any atom is 0.220 e. The third-order valence-corrected chi connectivity index (χ3v) is 9.45. The monoisotopic (exact) mass is 668 g/mol. The molecule has 0 spiro atoms. The van der Waals surface area contributed by atoms with E-state index in [1.165, 1.54) is 6.92 Å². The summed E-state index contributed by atoms with van der Waals surface area (Å²) in [4.78, 5) is 32.3. The molecule has 0 saturated carbocycles. The fourth-order valence-corrected chi connectivity index (χ4v) is 6.70. The molecule has 3 aromatic carbocycles. The zero-order valence-corrected chi connectivity index (χ0v) is 28.3. The summed E-state index contributed by atoms with van der Waals surface area (Å²) in [6.07, 6.45) is 5.57. The average molecular weight is 669 g/mol. The van der Waals surface area contributed by atoms with Gasteiger partial charge >= 0.3 is 0 Å². The summed E-state index contributed by atoms with van der Waals surface area (Å²) in [7, 11) is 0. The minimum absolute atomic E-state index is 0.00654. The lowest BCUT2D eigenvalue weighted by Crippen LogP contribution is -2.38. The highest BCUT2D eigenvalue weighted by Crippen LogP contribution is 2.43. The van der Waals surface area contributed by atoms with Crippen molar-refractivity contribution in [2.45, 2.75) is 76.3 Å². The quantitative estimate of drug-likeness (QED) is 0.0743. The molecule has 1 fully saturated rings. The molecule has 3 N–H and O–H groups in total. The van der Waals surface area contributed by atoms with Gasteiger partial charge in [0.25, 0.3) is 0 Å². The highest BCUT2D eigenvalue weighted by Gasteiger charge is 2.38. The number of rotatable bonds is 15. The number of aliphatic hydroxyl groups excluding tert-OH is 1. The van der Waals surface area contributed by atoms with Gasteiger partial charge in [0.15, 0.2) is 11.4 Å². The molecule has 0 aliphatic carbocycles. The van der Waals surface area contributed by atoms with Gasteiger partial charge in [-0.1, -0.05) is 97.9 Å². The second-order valence-corrected chi connectivity index (χ2v) is 13.0. The van der Waals surface area contributed by atoms with Gasteiger partial charge in [0, 0.05) is 56.1 Å². The fraction of sp³-hybridized carbons (Fsp3) is 0.368. The van der Waals surface area contributed by atoms with Gasteiger partial charge in [-0.3, -0.25) is 9.59 Å². The van der Waals surface area contributed by atoms with E-state index >= 15 is 0 Å². The Hall–Kier alpha value is -4.09. The Morgan fingerprint density at radius 2 is 1.58 bits per heavy atom. The van der Waals surface area contributed by atoms with Gasteiger partial charge in [0.1, 0.15) is 0 Å². The van der Waals surface area contributed by atoms with E-state index in [0.29, 0.717) is 30.4 Å². The second-order valence-electron chi connectivity index (χ2n) is 12.0. The van der Waals surface area contributed by atoms with Crippen LogP contribution in [0.2, 0.25) is 0 Å². The highest BCUT2D eigenvalue weighted by atomic mass is 32.2. The van der Waals surface area contributed by atoms with Gasteiger partial charge in [-0.05, 0) is 46.7 Å². The number of benzene rings is 3. The summed E-state index contributed by atoms with van der Waals surface area (Å²) in [5, 5.41) is 16.1. The van der Waals surface area contributed by atoms with Crippen molar-refractivity contribution in [3.63, 3.8) is 0 Å². The Morgan fingerprint density at radius 3 is 2.31 bits per heavy atom. The largest absolute Gasteiger partial charge is 0.392 e. The molecule has 0 unspecified atom stereocenters. The van der Waals surface area contributed by atoms with Crippen LogP contribution in [-0.4, -0.2) is 45.3 Å². The average Bonchev–Trinajstić information content (AvgIpc) is 3.12. The van der Waals surface area contributed by atoms with Crippen LogP contribution < -0.4 is 10.6 Å². The normalized spacial score (nSPS) is 19.1. The van der Waals surface area contributed by atoms with Crippen LogP contribution in [0.5, 0.6) is 0 Å². The number of unbranched alkanes of at least 4 members (excludes halogenated alkanes) is 2. The van der Waals surface area contributed by atoms with Gasteiger partial charge < -0.3 is 25.2 Å². The highest BCUT2D eigenvalue weighted by molar-refractivity contribution is 7.99. The predicted molar refractivity (Wildman–Crippen MR) is 187 cm³/mol. The van der Waals surface area contributed by atoms with Crippen molar-refractivity contribution >= 4 is 23.6 Å². The minimum atomic E-state index is -0.576. The molecule has 4 atom stereocenters. The smallest absolute Gasteiger partial charge is 0.220 e. The molecule has 10 heteroatoms. The lowest BCUT2D eigenvalue weighted by Gasteiger charge is -2.41. The molecule has 0 bridgehead atoms. The number of amides is 2. The van der Waals surface area contributed by atoms with E-state index in [1.807, 2.05) is 54.6 Å². The van der Waals surface area contributed by atoms with Gasteiger partial charge in [-0.2, -0.15) is 0 Å². The Labute approximate surface area is 286 Å². The number of aliphatic hydroxyl groups is 1. The van der Waals surface area contributed by atoms with Crippen molar-refractivity contribution < 1.29 is 24.2 Å². The van der Waals surface area contributed by atoms with Crippen molar-refractivity contribution in [1.82, 2.24) is 20.6 Å². The van der Waals surface area contributed by atoms with Gasteiger partial charge in [-0.15, -0.1) is 0 Å². The first-order chi connectivity index (χ1) is 23.4. The van der Waals surface area contributed by atoms with E-state index in [-0.39, 0.29) is 36.5 Å². The zero-order chi connectivity index (χ0) is 33.7. The summed E-state index contributed by atoms with van der Waals surface area (Å²) < 4.78 is 13.2. The molecule has 1 aliphatic heterocycles. The fourth-order valence-electron chi connectivity index (χ4n) is 5.74. The van der Waals surface area contributed by atoms with Crippen LogP contribution in [0.1, 0.15) is 74.2 Å². The number of ether oxygens (including phenoxy) is 2. The molecule has 0 radical (unpaired) electrons.